The monoisotopic (exact) mass is 462 g/mol. The van der Waals surface area contributed by atoms with Crippen molar-refractivity contribution in [2.75, 3.05) is 26.2 Å². The average molecular weight is 463 g/mol. The highest BCUT2D eigenvalue weighted by Gasteiger charge is 2.40. The van der Waals surface area contributed by atoms with Crippen LogP contribution < -0.4 is 0 Å². The lowest BCUT2D eigenvalue weighted by molar-refractivity contribution is -0.144. The number of hydrogen-bond acceptors (Lipinski definition) is 4. The molecule has 1 fully saturated rings. The van der Waals surface area contributed by atoms with Crippen LogP contribution in [-0.4, -0.2) is 61.4 Å². The summed E-state index contributed by atoms with van der Waals surface area (Å²) in [7, 11) is 1.18. The number of aromatic nitrogens is 4. The van der Waals surface area contributed by atoms with Gasteiger partial charge in [0, 0.05) is 58.1 Å². The lowest BCUT2D eigenvalue weighted by Crippen LogP contribution is -2.48. The lowest BCUT2D eigenvalue weighted by Gasteiger charge is -2.34. The number of amides is 1. The molecule has 0 N–H and O–H groups in total. The third kappa shape index (κ3) is 4.09. The predicted octanol–water partition coefficient (Wildman–Crippen LogP) is 2.68. The Morgan fingerprint density at radius 2 is 1.86 bits per heavy atom. The molecule has 28 heavy (non-hydrogen) atoms. The molecule has 2 aromatic heterocycles. The van der Waals surface area contributed by atoms with Gasteiger partial charge in [-0.15, -0.1) is 0 Å². The first-order valence-corrected chi connectivity index (χ1v) is 9.75. The molecule has 154 valence electrons. The molecule has 7 nitrogen and oxygen atoms in total. The van der Waals surface area contributed by atoms with Crippen molar-refractivity contribution in [3.8, 4) is 0 Å². The molecule has 11 heteroatoms. The van der Waals surface area contributed by atoms with Gasteiger partial charge in [-0.25, -0.2) is 0 Å². The molecule has 1 amide bonds. The summed E-state index contributed by atoms with van der Waals surface area (Å²) >= 11 is 2.91. The highest BCUT2D eigenvalue weighted by molar-refractivity contribution is 9.10. The Morgan fingerprint density at radius 1 is 1.21 bits per heavy atom. The number of alkyl halides is 3. The normalized spacial score (nSPS) is 16.0. The number of carbonyl (C=O) groups is 1. The van der Waals surface area contributed by atoms with Gasteiger partial charge in [0.2, 0.25) is 0 Å². The van der Waals surface area contributed by atoms with Crippen LogP contribution in [0.3, 0.4) is 0 Å². The smallest absolute Gasteiger partial charge is 0.335 e. The summed E-state index contributed by atoms with van der Waals surface area (Å²) in [4.78, 5) is 16.5. The van der Waals surface area contributed by atoms with Crippen LogP contribution in [0.25, 0.3) is 0 Å². The molecule has 1 aliphatic heterocycles. The first-order chi connectivity index (χ1) is 13.1. The summed E-state index contributed by atoms with van der Waals surface area (Å²) in [5.41, 5.74) is 0.961. The molecule has 1 saturated heterocycles. The van der Waals surface area contributed by atoms with E-state index >= 15 is 0 Å². The van der Waals surface area contributed by atoms with Crippen molar-refractivity contribution in [2.24, 2.45) is 7.05 Å². The average Bonchev–Trinajstić information content (AvgIpc) is 3.13. The molecule has 1 aliphatic rings. The highest BCUT2D eigenvalue weighted by Crippen LogP contribution is 2.36. The first kappa shape index (κ1) is 20.8. The van der Waals surface area contributed by atoms with Gasteiger partial charge in [0.15, 0.2) is 11.4 Å². The molecule has 0 radical (unpaired) electrons. The van der Waals surface area contributed by atoms with Crippen LogP contribution in [0.5, 0.6) is 0 Å². The van der Waals surface area contributed by atoms with E-state index in [4.69, 9.17) is 0 Å². The van der Waals surface area contributed by atoms with Crippen LogP contribution in [-0.2, 0) is 26.3 Å². The van der Waals surface area contributed by atoms with E-state index in [2.05, 4.69) is 31.0 Å². The molecular weight excluding hydrogens is 441 g/mol. The molecule has 2 aromatic rings. The van der Waals surface area contributed by atoms with Crippen molar-refractivity contribution in [2.45, 2.75) is 33.1 Å². The molecule has 3 heterocycles. The third-order valence-corrected chi connectivity index (χ3v) is 5.64. The van der Waals surface area contributed by atoms with E-state index in [-0.39, 0.29) is 10.2 Å². The van der Waals surface area contributed by atoms with E-state index in [0.717, 1.165) is 24.3 Å². The van der Waals surface area contributed by atoms with Crippen LogP contribution in [0.15, 0.2) is 10.7 Å². The molecule has 0 aliphatic carbocycles. The standard InChI is InChI=1S/C17H22BrF3N6O/c1-4-27-10-12(11(2)22-27)9-25-5-7-26(8-6-25)16(28)14-13(18)15(17(19,20)21)24(3)23-14/h10H,4-9H2,1-3H3. The third-order valence-electron chi connectivity index (χ3n) is 4.89. The predicted molar refractivity (Wildman–Crippen MR) is 99.7 cm³/mol. The van der Waals surface area contributed by atoms with Gasteiger partial charge in [0.1, 0.15) is 0 Å². The number of carbonyl (C=O) groups excluding carboxylic acids is 1. The van der Waals surface area contributed by atoms with Crippen molar-refractivity contribution in [3.05, 3.63) is 33.3 Å². The number of rotatable bonds is 4. The second kappa shape index (κ2) is 7.86. The Bertz CT molecular complexity index is 867. The number of piperazine rings is 1. The van der Waals surface area contributed by atoms with Crippen molar-refractivity contribution in [1.82, 2.24) is 29.4 Å². The molecule has 0 saturated carbocycles. The molecule has 3 rings (SSSR count). The van der Waals surface area contributed by atoms with Gasteiger partial charge in [0.25, 0.3) is 5.91 Å². The summed E-state index contributed by atoms with van der Waals surface area (Å²) in [6, 6.07) is 0. The minimum Gasteiger partial charge on any atom is -0.335 e. The largest absolute Gasteiger partial charge is 0.434 e. The van der Waals surface area contributed by atoms with Gasteiger partial charge in [-0.1, -0.05) is 0 Å². The van der Waals surface area contributed by atoms with Crippen molar-refractivity contribution >= 4 is 21.8 Å². The van der Waals surface area contributed by atoms with Crippen LogP contribution >= 0.6 is 15.9 Å². The van der Waals surface area contributed by atoms with E-state index in [1.54, 1.807) is 4.90 Å². The second-order valence-electron chi connectivity index (χ2n) is 6.80. The first-order valence-electron chi connectivity index (χ1n) is 8.96. The summed E-state index contributed by atoms with van der Waals surface area (Å²) in [5.74, 6) is -0.493. The maximum absolute atomic E-state index is 13.1. The Morgan fingerprint density at radius 3 is 2.36 bits per heavy atom. The zero-order valence-electron chi connectivity index (χ0n) is 15.9. The van der Waals surface area contributed by atoms with Gasteiger partial charge in [-0.3, -0.25) is 19.1 Å². The fourth-order valence-corrected chi connectivity index (χ4v) is 4.05. The van der Waals surface area contributed by atoms with Crippen LogP contribution in [0, 0.1) is 6.92 Å². The van der Waals surface area contributed by atoms with Crippen LogP contribution in [0.1, 0.15) is 34.4 Å². The van der Waals surface area contributed by atoms with E-state index in [1.165, 1.54) is 7.05 Å². The Balaban J connectivity index is 1.65. The number of hydrogen-bond donors (Lipinski definition) is 0. The maximum atomic E-state index is 13.1. The molecule has 0 spiro atoms. The Hall–Kier alpha value is -1.88. The minimum absolute atomic E-state index is 0.205. The molecule has 0 atom stereocenters. The van der Waals surface area contributed by atoms with E-state index in [9.17, 15) is 18.0 Å². The lowest BCUT2D eigenvalue weighted by atomic mass is 10.2. The van der Waals surface area contributed by atoms with Crippen molar-refractivity contribution in [1.29, 1.82) is 0 Å². The topological polar surface area (TPSA) is 59.2 Å². The molecule has 0 unspecified atom stereocenters. The van der Waals surface area contributed by atoms with Gasteiger partial charge in [-0.2, -0.15) is 23.4 Å². The fraction of sp³-hybridized carbons (Fsp3) is 0.588. The van der Waals surface area contributed by atoms with E-state index in [0.29, 0.717) is 30.9 Å². The van der Waals surface area contributed by atoms with Crippen molar-refractivity contribution < 1.29 is 18.0 Å². The van der Waals surface area contributed by atoms with Crippen molar-refractivity contribution in [3.63, 3.8) is 0 Å². The Kier molecular flexibility index (Phi) is 5.85. The number of aryl methyl sites for hydroxylation is 3. The quantitative estimate of drug-likeness (QED) is 0.700. The highest BCUT2D eigenvalue weighted by atomic mass is 79.9. The van der Waals surface area contributed by atoms with Gasteiger partial charge < -0.3 is 4.90 Å². The summed E-state index contributed by atoms with van der Waals surface area (Å²) < 4.78 is 41.6. The van der Waals surface area contributed by atoms with E-state index < -0.39 is 17.8 Å². The second-order valence-corrected chi connectivity index (χ2v) is 7.59. The molecule has 0 aromatic carbocycles. The van der Waals surface area contributed by atoms with Gasteiger partial charge in [0.05, 0.1) is 10.2 Å². The van der Waals surface area contributed by atoms with Gasteiger partial charge in [-0.05, 0) is 29.8 Å². The van der Waals surface area contributed by atoms with Gasteiger partial charge >= 0.3 is 6.18 Å². The number of halogens is 4. The van der Waals surface area contributed by atoms with Crippen LogP contribution in [0.2, 0.25) is 0 Å². The van der Waals surface area contributed by atoms with Crippen LogP contribution in [0.4, 0.5) is 13.2 Å². The molecule has 0 bridgehead atoms. The van der Waals surface area contributed by atoms with E-state index in [1.807, 2.05) is 24.7 Å². The summed E-state index contributed by atoms with van der Waals surface area (Å²) in [6.45, 7) is 7.69. The maximum Gasteiger partial charge on any atom is 0.434 e. The minimum atomic E-state index is -4.58. The zero-order valence-corrected chi connectivity index (χ0v) is 17.5. The Labute approximate surface area is 169 Å². The summed E-state index contributed by atoms with van der Waals surface area (Å²) in [5, 5.41) is 8.23. The fourth-order valence-electron chi connectivity index (χ4n) is 3.32. The number of nitrogens with zero attached hydrogens (tertiary/aromatic N) is 6. The summed E-state index contributed by atoms with van der Waals surface area (Å²) in [6.07, 6.45) is -2.56. The molecular formula is C17H22BrF3N6O. The zero-order chi connectivity index (χ0) is 20.6. The SMILES string of the molecule is CCn1cc(CN2CCN(C(=O)c3nn(C)c(C(F)(F)F)c3Br)CC2)c(C)n1.